The van der Waals surface area contributed by atoms with Gasteiger partial charge in [0.05, 0.1) is 17.5 Å². The molecule has 1 aliphatic heterocycles. The number of hydrogen-bond acceptors (Lipinski definition) is 4. The molecule has 0 spiro atoms. The highest BCUT2D eigenvalue weighted by molar-refractivity contribution is 8.00. The quantitative estimate of drug-likeness (QED) is 0.907. The van der Waals surface area contributed by atoms with Crippen molar-refractivity contribution in [1.82, 2.24) is 4.90 Å². The van der Waals surface area contributed by atoms with Gasteiger partial charge in [-0.25, -0.2) is 0 Å². The van der Waals surface area contributed by atoms with Crippen molar-refractivity contribution in [1.29, 1.82) is 0 Å². The van der Waals surface area contributed by atoms with Gasteiger partial charge in [-0.05, 0) is 29.9 Å². The number of carbonyl (C=O) groups excluding carboxylic acids is 1. The summed E-state index contributed by atoms with van der Waals surface area (Å²) in [5.74, 6) is -0.582. The van der Waals surface area contributed by atoms with Gasteiger partial charge in [-0.2, -0.15) is 0 Å². The van der Waals surface area contributed by atoms with Gasteiger partial charge in [0.1, 0.15) is 0 Å². The SMILES string of the molecule is CCC1c2ccsc2CCN1C(=O)CSCC(=O)O. The first-order chi connectivity index (χ1) is 9.13. The first kappa shape index (κ1) is 14.4. The number of fused-ring (bicyclic) bond motifs is 1. The molecule has 1 amide bonds. The Hall–Kier alpha value is -1.01. The van der Waals surface area contributed by atoms with E-state index >= 15 is 0 Å². The normalized spacial score (nSPS) is 18.2. The van der Waals surface area contributed by atoms with Crippen LogP contribution >= 0.6 is 23.1 Å². The average Bonchev–Trinajstić information content (AvgIpc) is 2.85. The van der Waals surface area contributed by atoms with Crippen LogP contribution < -0.4 is 0 Å². The molecule has 2 rings (SSSR count). The van der Waals surface area contributed by atoms with Crippen molar-refractivity contribution < 1.29 is 14.7 Å². The predicted octanol–water partition coefficient (Wildman–Crippen LogP) is 2.40. The first-order valence-electron chi connectivity index (χ1n) is 6.28. The van der Waals surface area contributed by atoms with Crippen LogP contribution in [0.15, 0.2) is 11.4 Å². The summed E-state index contributed by atoms with van der Waals surface area (Å²) in [6.45, 7) is 2.83. The molecular weight excluding hydrogens is 282 g/mol. The number of carboxylic acids is 1. The highest BCUT2D eigenvalue weighted by Crippen LogP contribution is 2.35. The number of thioether (sulfide) groups is 1. The number of carboxylic acid groups (broad SMARTS) is 1. The molecule has 1 aromatic heterocycles. The third-order valence-corrected chi connectivity index (χ3v) is 5.15. The lowest BCUT2D eigenvalue weighted by Crippen LogP contribution is -2.40. The molecule has 0 saturated heterocycles. The summed E-state index contributed by atoms with van der Waals surface area (Å²) in [4.78, 5) is 25.9. The van der Waals surface area contributed by atoms with E-state index in [1.165, 1.54) is 22.2 Å². The minimum atomic E-state index is -0.872. The van der Waals surface area contributed by atoms with E-state index in [0.29, 0.717) is 0 Å². The molecule has 4 nitrogen and oxygen atoms in total. The van der Waals surface area contributed by atoms with Crippen LogP contribution in [0.2, 0.25) is 0 Å². The maximum atomic E-state index is 12.2. The molecule has 0 saturated carbocycles. The second-order valence-corrected chi connectivity index (χ2v) is 6.43. The molecule has 1 aliphatic rings. The smallest absolute Gasteiger partial charge is 0.313 e. The summed E-state index contributed by atoms with van der Waals surface area (Å²) < 4.78 is 0. The number of thiophene rings is 1. The molecule has 1 N–H and O–H groups in total. The van der Waals surface area contributed by atoms with Crippen LogP contribution in [0.4, 0.5) is 0 Å². The molecule has 0 radical (unpaired) electrons. The van der Waals surface area contributed by atoms with Crippen molar-refractivity contribution in [3.63, 3.8) is 0 Å². The molecule has 104 valence electrons. The van der Waals surface area contributed by atoms with Crippen LogP contribution in [-0.4, -0.2) is 39.9 Å². The molecule has 0 aromatic carbocycles. The Balaban J connectivity index is 2.00. The van der Waals surface area contributed by atoms with Crippen LogP contribution in [0.25, 0.3) is 0 Å². The standard InChI is InChI=1S/C13H17NO3S2/c1-2-10-9-4-6-19-11(9)3-5-14(10)12(15)7-18-8-13(16)17/h4,6,10H,2-3,5,7-8H2,1H3,(H,16,17). The van der Waals surface area contributed by atoms with Gasteiger partial charge in [0.15, 0.2) is 0 Å². The predicted molar refractivity (Wildman–Crippen MR) is 77.7 cm³/mol. The van der Waals surface area contributed by atoms with Crippen molar-refractivity contribution in [3.8, 4) is 0 Å². The van der Waals surface area contributed by atoms with Crippen molar-refractivity contribution >= 4 is 35.0 Å². The van der Waals surface area contributed by atoms with Crippen LogP contribution in [0, 0.1) is 0 Å². The maximum absolute atomic E-state index is 12.2. The molecule has 1 unspecified atom stereocenters. The fourth-order valence-corrected chi connectivity index (χ4v) is 3.99. The third-order valence-electron chi connectivity index (χ3n) is 3.25. The highest BCUT2D eigenvalue weighted by Gasteiger charge is 2.29. The van der Waals surface area contributed by atoms with E-state index in [2.05, 4.69) is 18.4 Å². The van der Waals surface area contributed by atoms with Crippen molar-refractivity contribution in [2.45, 2.75) is 25.8 Å². The summed E-state index contributed by atoms with van der Waals surface area (Å²) in [7, 11) is 0. The summed E-state index contributed by atoms with van der Waals surface area (Å²) in [6.07, 6.45) is 1.82. The first-order valence-corrected chi connectivity index (χ1v) is 8.32. The molecular formula is C13H17NO3S2. The molecule has 1 atom stereocenters. The zero-order valence-corrected chi connectivity index (χ0v) is 12.4. The Morgan fingerprint density at radius 3 is 3.00 bits per heavy atom. The van der Waals surface area contributed by atoms with E-state index in [0.717, 1.165) is 19.4 Å². The molecule has 2 heterocycles. The molecule has 1 aromatic rings. The molecule has 0 aliphatic carbocycles. The van der Waals surface area contributed by atoms with E-state index < -0.39 is 5.97 Å². The highest BCUT2D eigenvalue weighted by atomic mass is 32.2. The largest absolute Gasteiger partial charge is 0.481 e. The lowest BCUT2D eigenvalue weighted by Gasteiger charge is -2.35. The number of hydrogen-bond donors (Lipinski definition) is 1. The number of amides is 1. The summed E-state index contributed by atoms with van der Waals surface area (Å²) >= 11 is 2.93. The minimum absolute atomic E-state index is 0.0138. The lowest BCUT2D eigenvalue weighted by atomic mass is 9.98. The Labute approximate surface area is 120 Å². The van der Waals surface area contributed by atoms with Gasteiger partial charge in [0, 0.05) is 11.4 Å². The van der Waals surface area contributed by atoms with Gasteiger partial charge in [-0.3, -0.25) is 9.59 Å². The van der Waals surface area contributed by atoms with Gasteiger partial charge >= 0.3 is 5.97 Å². The fourth-order valence-electron chi connectivity index (χ4n) is 2.44. The second kappa shape index (κ2) is 6.43. The third kappa shape index (κ3) is 3.30. The maximum Gasteiger partial charge on any atom is 0.313 e. The van der Waals surface area contributed by atoms with Crippen LogP contribution in [0.5, 0.6) is 0 Å². The Bertz CT molecular complexity index is 472. The van der Waals surface area contributed by atoms with Gasteiger partial charge in [-0.1, -0.05) is 6.92 Å². The number of nitrogens with zero attached hydrogens (tertiary/aromatic N) is 1. The van der Waals surface area contributed by atoms with E-state index in [1.54, 1.807) is 11.3 Å². The summed E-state index contributed by atoms with van der Waals surface area (Å²) in [5.41, 5.74) is 1.27. The zero-order valence-electron chi connectivity index (χ0n) is 10.8. The van der Waals surface area contributed by atoms with E-state index in [1.807, 2.05) is 4.90 Å². The Morgan fingerprint density at radius 2 is 2.32 bits per heavy atom. The van der Waals surface area contributed by atoms with Crippen LogP contribution in [-0.2, 0) is 16.0 Å². The van der Waals surface area contributed by atoms with Gasteiger partial charge in [-0.15, -0.1) is 23.1 Å². The molecule has 0 fully saturated rings. The van der Waals surface area contributed by atoms with Crippen molar-refractivity contribution in [3.05, 3.63) is 21.9 Å². The molecule has 6 heteroatoms. The second-order valence-electron chi connectivity index (χ2n) is 4.45. The number of carbonyl (C=O) groups is 2. The fraction of sp³-hybridized carbons (Fsp3) is 0.538. The number of rotatable bonds is 5. The van der Waals surface area contributed by atoms with Gasteiger partial charge < -0.3 is 10.0 Å². The van der Waals surface area contributed by atoms with Crippen LogP contribution in [0.1, 0.15) is 29.8 Å². The van der Waals surface area contributed by atoms with Gasteiger partial charge in [0.2, 0.25) is 5.91 Å². The monoisotopic (exact) mass is 299 g/mol. The van der Waals surface area contributed by atoms with Crippen molar-refractivity contribution in [2.24, 2.45) is 0 Å². The van der Waals surface area contributed by atoms with Gasteiger partial charge in [0.25, 0.3) is 0 Å². The minimum Gasteiger partial charge on any atom is -0.481 e. The van der Waals surface area contributed by atoms with E-state index in [4.69, 9.17) is 5.11 Å². The molecule has 19 heavy (non-hydrogen) atoms. The zero-order chi connectivity index (χ0) is 13.8. The van der Waals surface area contributed by atoms with Crippen LogP contribution in [0.3, 0.4) is 0 Å². The van der Waals surface area contributed by atoms with Crippen molar-refractivity contribution in [2.75, 3.05) is 18.1 Å². The Morgan fingerprint density at radius 1 is 1.53 bits per heavy atom. The van der Waals surface area contributed by atoms with E-state index in [-0.39, 0.29) is 23.5 Å². The number of aliphatic carboxylic acids is 1. The lowest BCUT2D eigenvalue weighted by molar-refractivity contribution is -0.133. The average molecular weight is 299 g/mol. The molecule has 0 bridgehead atoms. The van der Waals surface area contributed by atoms with E-state index in [9.17, 15) is 9.59 Å². The Kier molecular flexibility index (Phi) is 4.87. The summed E-state index contributed by atoms with van der Waals surface area (Å²) in [5, 5.41) is 10.7. The summed E-state index contributed by atoms with van der Waals surface area (Å²) in [6, 6.07) is 2.27. The topological polar surface area (TPSA) is 57.6 Å².